The molecule has 0 radical (unpaired) electrons. The summed E-state index contributed by atoms with van der Waals surface area (Å²) in [4.78, 5) is 24.8. The molecule has 0 saturated carbocycles. The molecular formula is C10H18N2O2. The van der Waals surface area contributed by atoms with Crippen molar-refractivity contribution in [1.82, 2.24) is 10.2 Å². The van der Waals surface area contributed by atoms with Crippen molar-refractivity contribution in [2.45, 2.75) is 45.6 Å². The summed E-state index contributed by atoms with van der Waals surface area (Å²) >= 11 is 0. The van der Waals surface area contributed by atoms with E-state index in [9.17, 15) is 9.59 Å². The van der Waals surface area contributed by atoms with Gasteiger partial charge in [-0.15, -0.1) is 0 Å². The van der Waals surface area contributed by atoms with Crippen LogP contribution >= 0.6 is 0 Å². The molecule has 0 bridgehead atoms. The highest BCUT2D eigenvalue weighted by Gasteiger charge is 2.48. The van der Waals surface area contributed by atoms with E-state index in [4.69, 9.17) is 0 Å². The number of amides is 3. The maximum Gasteiger partial charge on any atom is 0.325 e. The van der Waals surface area contributed by atoms with E-state index in [1.165, 1.54) is 4.90 Å². The number of carbonyl (C=O) groups excluding carboxylic acids is 2. The van der Waals surface area contributed by atoms with Crippen LogP contribution in [0.1, 0.15) is 40.0 Å². The van der Waals surface area contributed by atoms with Gasteiger partial charge in [0.1, 0.15) is 5.54 Å². The normalized spacial score (nSPS) is 20.1. The Morgan fingerprint density at radius 1 is 1.21 bits per heavy atom. The van der Waals surface area contributed by atoms with Crippen LogP contribution in [0.15, 0.2) is 0 Å². The van der Waals surface area contributed by atoms with Crippen LogP contribution in [0.4, 0.5) is 4.79 Å². The van der Waals surface area contributed by atoms with Gasteiger partial charge < -0.3 is 5.32 Å². The Kier molecular flexibility index (Phi) is 3.13. The molecule has 1 aliphatic rings. The van der Waals surface area contributed by atoms with E-state index in [2.05, 4.69) is 5.32 Å². The Morgan fingerprint density at radius 2 is 1.79 bits per heavy atom. The smallest absolute Gasteiger partial charge is 0.323 e. The summed E-state index contributed by atoms with van der Waals surface area (Å²) in [5, 5.41) is 2.79. The minimum absolute atomic E-state index is 0.0608. The molecule has 80 valence electrons. The first-order chi connectivity index (χ1) is 6.61. The summed E-state index contributed by atoms with van der Waals surface area (Å²) in [5.74, 6) is -0.0608. The topological polar surface area (TPSA) is 49.4 Å². The number of hydrogen-bond acceptors (Lipinski definition) is 2. The maximum atomic E-state index is 11.9. The predicted octanol–water partition coefficient (Wildman–Crippen LogP) is 1.51. The summed E-state index contributed by atoms with van der Waals surface area (Å²) in [6.45, 7) is 6.33. The van der Waals surface area contributed by atoms with Crippen LogP contribution < -0.4 is 5.32 Å². The number of nitrogens with one attached hydrogen (secondary N) is 1. The summed E-state index contributed by atoms with van der Waals surface area (Å²) in [5.41, 5.74) is -0.633. The van der Waals surface area contributed by atoms with E-state index in [-0.39, 0.29) is 11.9 Å². The number of nitrogens with zero attached hydrogens (tertiary/aromatic N) is 1. The molecule has 0 atom stereocenters. The SMILES string of the molecule is CCCN1C(=O)NC(CC)(CC)C1=O. The van der Waals surface area contributed by atoms with E-state index in [0.29, 0.717) is 19.4 Å². The van der Waals surface area contributed by atoms with Gasteiger partial charge in [-0.2, -0.15) is 0 Å². The van der Waals surface area contributed by atoms with Gasteiger partial charge in [-0.1, -0.05) is 20.8 Å². The molecule has 1 heterocycles. The molecule has 0 spiro atoms. The lowest BCUT2D eigenvalue weighted by molar-refractivity contribution is -0.131. The number of imide groups is 1. The minimum atomic E-state index is -0.633. The molecule has 14 heavy (non-hydrogen) atoms. The molecule has 3 amide bonds. The van der Waals surface area contributed by atoms with E-state index < -0.39 is 5.54 Å². The summed E-state index contributed by atoms with van der Waals surface area (Å²) in [7, 11) is 0. The number of hydrogen-bond donors (Lipinski definition) is 1. The monoisotopic (exact) mass is 198 g/mol. The Morgan fingerprint density at radius 3 is 2.14 bits per heavy atom. The second-order valence-corrected chi connectivity index (χ2v) is 3.68. The molecule has 0 unspecified atom stereocenters. The van der Waals surface area contributed by atoms with Gasteiger partial charge in [0.25, 0.3) is 5.91 Å². The Balaban J connectivity index is 2.87. The molecule has 1 rings (SSSR count). The van der Waals surface area contributed by atoms with Crippen LogP contribution in [0.3, 0.4) is 0 Å². The van der Waals surface area contributed by atoms with Gasteiger partial charge in [0.05, 0.1) is 0 Å². The van der Waals surface area contributed by atoms with Gasteiger partial charge in [-0.3, -0.25) is 9.69 Å². The number of rotatable bonds is 4. The van der Waals surface area contributed by atoms with Crippen LogP contribution in [-0.4, -0.2) is 28.9 Å². The molecule has 0 aromatic rings. The Bertz CT molecular complexity index is 247. The third-order valence-electron chi connectivity index (χ3n) is 2.90. The first-order valence-electron chi connectivity index (χ1n) is 5.25. The lowest BCUT2D eigenvalue weighted by Gasteiger charge is -2.22. The maximum absolute atomic E-state index is 11.9. The van der Waals surface area contributed by atoms with Crippen molar-refractivity contribution >= 4 is 11.9 Å². The molecule has 0 aromatic carbocycles. The molecule has 1 N–H and O–H groups in total. The fourth-order valence-electron chi connectivity index (χ4n) is 1.83. The van der Waals surface area contributed by atoms with E-state index in [0.717, 1.165) is 6.42 Å². The van der Waals surface area contributed by atoms with E-state index in [1.54, 1.807) is 0 Å². The second kappa shape index (κ2) is 3.98. The molecule has 4 heteroatoms. The molecule has 0 aromatic heterocycles. The molecule has 0 aliphatic carbocycles. The van der Waals surface area contributed by atoms with Crippen molar-refractivity contribution in [2.24, 2.45) is 0 Å². The lowest BCUT2D eigenvalue weighted by Crippen LogP contribution is -2.45. The standard InChI is InChI=1S/C10H18N2O2/c1-4-7-12-8(13)10(5-2,6-3)11-9(12)14/h4-7H2,1-3H3,(H,11,14). The zero-order valence-electron chi connectivity index (χ0n) is 9.09. The average molecular weight is 198 g/mol. The van der Waals surface area contributed by atoms with Crippen LogP contribution in [0, 0.1) is 0 Å². The molecule has 1 aliphatic heterocycles. The van der Waals surface area contributed by atoms with Gasteiger partial charge in [0.15, 0.2) is 0 Å². The van der Waals surface area contributed by atoms with Gasteiger partial charge in [-0.05, 0) is 19.3 Å². The van der Waals surface area contributed by atoms with Crippen molar-refractivity contribution < 1.29 is 9.59 Å². The zero-order chi connectivity index (χ0) is 10.8. The zero-order valence-corrected chi connectivity index (χ0v) is 9.09. The van der Waals surface area contributed by atoms with Crippen molar-refractivity contribution in [2.75, 3.05) is 6.54 Å². The van der Waals surface area contributed by atoms with Crippen molar-refractivity contribution in [3.05, 3.63) is 0 Å². The Labute approximate surface area is 84.7 Å². The quantitative estimate of drug-likeness (QED) is 0.696. The minimum Gasteiger partial charge on any atom is -0.323 e. The van der Waals surface area contributed by atoms with Crippen LogP contribution in [-0.2, 0) is 4.79 Å². The van der Waals surface area contributed by atoms with Gasteiger partial charge in [0.2, 0.25) is 0 Å². The fraction of sp³-hybridized carbons (Fsp3) is 0.800. The third-order valence-corrected chi connectivity index (χ3v) is 2.90. The largest absolute Gasteiger partial charge is 0.325 e. The molecule has 1 fully saturated rings. The summed E-state index contributed by atoms with van der Waals surface area (Å²) < 4.78 is 0. The lowest BCUT2D eigenvalue weighted by atomic mass is 9.93. The molecular weight excluding hydrogens is 180 g/mol. The summed E-state index contributed by atoms with van der Waals surface area (Å²) in [6, 6.07) is -0.236. The van der Waals surface area contributed by atoms with E-state index >= 15 is 0 Å². The van der Waals surface area contributed by atoms with Gasteiger partial charge in [-0.25, -0.2) is 4.79 Å². The second-order valence-electron chi connectivity index (χ2n) is 3.68. The first kappa shape index (κ1) is 11.0. The average Bonchev–Trinajstić information content (AvgIpc) is 2.43. The van der Waals surface area contributed by atoms with E-state index in [1.807, 2.05) is 20.8 Å². The highest BCUT2D eigenvalue weighted by Crippen LogP contribution is 2.24. The van der Waals surface area contributed by atoms with Crippen molar-refractivity contribution in [3.8, 4) is 0 Å². The first-order valence-corrected chi connectivity index (χ1v) is 5.25. The van der Waals surface area contributed by atoms with Gasteiger partial charge in [0, 0.05) is 6.54 Å². The highest BCUT2D eigenvalue weighted by molar-refractivity contribution is 6.06. The van der Waals surface area contributed by atoms with Crippen LogP contribution in [0.5, 0.6) is 0 Å². The predicted molar refractivity (Wildman–Crippen MR) is 53.8 cm³/mol. The van der Waals surface area contributed by atoms with Crippen LogP contribution in [0.2, 0.25) is 0 Å². The van der Waals surface area contributed by atoms with Crippen molar-refractivity contribution in [3.63, 3.8) is 0 Å². The number of carbonyl (C=O) groups is 2. The van der Waals surface area contributed by atoms with Crippen molar-refractivity contribution in [1.29, 1.82) is 0 Å². The summed E-state index contributed by atoms with van der Waals surface area (Å²) in [6.07, 6.45) is 2.13. The molecule has 1 saturated heterocycles. The third kappa shape index (κ3) is 1.49. The highest BCUT2D eigenvalue weighted by atomic mass is 16.2. The van der Waals surface area contributed by atoms with Crippen LogP contribution in [0.25, 0.3) is 0 Å². The molecule has 4 nitrogen and oxygen atoms in total. The fourth-order valence-corrected chi connectivity index (χ4v) is 1.83. The Hall–Kier alpha value is -1.06. The van der Waals surface area contributed by atoms with Gasteiger partial charge >= 0.3 is 6.03 Å². The number of urea groups is 1.